The Bertz CT molecular complexity index is 745. The lowest BCUT2D eigenvalue weighted by Gasteiger charge is -1.98. The number of hydrogen-bond donors (Lipinski definition) is 0. The highest BCUT2D eigenvalue weighted by molar-refractivity contribution is 6.09. The second kappa shape index (κ2) is 5.70. The van der Waals surface area contributed by atoms with Crippen molar-refractivity contribution in [3.63, 3.8) is 0 Å². The standard InChI is InChI=1S/C15H15N3O3/c1-10-12(11(2)17(3)16-10)8-9-15(19)13-6-4-5-7-14(13)18(20)21/h4-9H,1-3H3/b9-8+. The SMILES string of the molecule is Cc1nn(C)c(C)c1/C=C/C(=O)c1ccccc1[N+](=O)[O-]. The van der Waals surface area contributed by atoms with Crippen LogP contribution in [0.1, 0.15) is 27.3 Å². The average molecular weight is 285 g/mol. The van der Waals surface area contributed by atoms with Gasteiger partial charge in [-0.05, 0) is 32.1 Å². The molecular weight excluding hydrogens is 270 g/mol. The minimum Gasteiger partial charge on any atom is -0.289 e. The predicted octanol–water partition coefficient (Wildman–Crippen LogP) is 2.84. The number of aryl methyl sites for hydroxylation is 2. The van der Waals surface area contributed by atoms with E-state index >= 15 is 0 Å². The molecule has 6 nitrogen and oxygen atoms in total. The molecule has 2 aromatic rings. The number of carbonyl (C=O) groups excluding carboxylic acids is 1. The summed E-state index contributed by atoms with van der Waals surface area (Å²) in [6, 6.07) is 5.91. The van der Waals surface area contributed by atoms with Gasteiger partial charge in [0.1, 0.15) is 0 Å². The molecule has 6 heteroatoms. The van der Waals surface area contributed by atoms with Crippen LogP contribution in [-0.4, -0.2) is 20.5 Å². The molecule has 0 bridgehead atoms. The predicted molar refractivity (Wildman–Crippen MR) is 79.1 cm³/mol. The summed E-state index contributed by atoms with van der Waals surface area (Å²) in [6.45, 7) is 3.75. The zero-order valence-corrected chi connectivity index (χ0v) is 12.0. The number of nitro benzene ring substituents is 1. The molecule has 2 rings (SSSR count). The van der Waals surface area contributed by atoms with Gasteiger partial charge >= 0.3 is 0 Å². The average Bonchev–Trinajstić information content (AvgIpc) is 2.70. The van der Waals surface area contributed by atoms with Crippen LogP contribution < -0.4 is 0 Å². The van der Waals surface area contributed by atoms with E-state index in [4.69, 9.17) is 0 Å². The zero-order valence-electron chi connectivity index (χ0n) is 12.0. The van der Waals surface area contributed by atoms with E-state index in [1.54, 1.807) is 16.8 Å². The Balaban J connectivity index is 2.34. The second-order valence-corrected chi connectivity index (χ2v) is 4.68. The van der Waals surface area contributed by atoms with Gasteiger partial charge in [-0.3, -0.25) is 19.6 Å². The van der Waals surface area contributed by atoms with Crippen LogP contribution in [0.5, 0.6) is 0 Å². The lowest BCUT2D eigenvalue weighted by molar-refractivity contribution is -0.385. The third-order valence-electron chi connectivity index (χ3n) is 3.33. The van der Waals surface area contributed by atoms with E-state index in [0.29, 0.717) is 0 Å². The van der Waals surface area contributed by atoms with Crippen molar-refractivity contribution in [2.75, 3.05) is 0 Å². The molecule has 0 aliphatic heterocycles. The maximum Gasteiger partial charge on any atom is 0.280 e. The quantitative estimate of drug-likeness (QED) is 0.374. The summed E-state index contributed by atoms with van der Waals surface area (Å²) < 4.78 is 1.73. The number of ketones is 1. The molecule has 0 N–H and O–H groups in total. The molecule has 0 aliphatic rings. The Hall–Kier alpha value is -2.76. The van der Waals surface area contributed by atoms with Gasteiger partial charge in [-0.25, -0.2) is 0 Å². The van der Waals surface area contributed by atoms with E-state index in [1.807, 2.05) is 20.9 Å². The van der Waals surface area contributed by atoms with Gasteiger partial charge in [-0.2, -0.15) is 5.10 Å². The van der Waals surface area contributed by atoms with E-state index in [0.717, 1.165) is 17.0 Å². The molecule has 1 aromatic carbocycles. The van der Waals surface area contributed by atoms with Crippen molar-refractivity contribution in [1.29, 1.82) is 0 Å². The first-order valence-corrected chi connectivity index (χ1v) is 6.38. The summed E-state index contributed by atoms with van der Waals surface area (Å²) in [4.78, 5) is 22.5. The molecule has 0 atom stereocenters. The Labute approximate surface area is 121 Å². The second-order valence-electron chi connectivity index (χ2n) is 4.68. The number of rotatable bonds is 4. The summed E-state index contributed by atoms with van der Waals surface area (Å²) in [7, 11) is 1.82. The minimum atomic E-state index is -0.554. The van der Waals surface area contributed by atoms with Crippen molar-refractivity contribution in [1.82, 2.24) is 9.78 Å². The highest BCUT2D eigenvalue weighted by Gasteiger charge is 2.17. The van der Waals surface area contributed by atoms with Crippen LogP contribution in [0.2, 0.25) is 0 Å². The summed E-state index contributed by atoms with van der Waals surface area (Å²) in [5.41, 5.74) is 2.48. The number of nitro groups is 1. The van der Waals surface area contributed by atoms with E-state index in [9.17, 15) is 14.9 Å². The number of benzene rings is 1. The van der Waals surface area contributed by atoms with Gasteiger partial charge in [0.2, 0.25) is 0 Å². The molecule has 108 valence electrons. The number of aromatic nitrogens is 2. The zero-order chi connectivity index (χ0) is 15.6. The summed E-state index contributed by atoms with van der Waals surface area (Å²) in [6.07, 6.45) is 3.00. The Morgan fingerprint density at radius 3 is 2.57 bits per heavy atom. The summed E-state index contributed by atoms with van der Waals surface area (Å²) in [5, 5.41) is 15.2. The number of carbonyl (C=O) groups is 1. The van der Waals surface area contributed by atoms with Crippen molar-refractivity contribution in [2.45, 2.75) is 13.8 Å². The highest BCUT2D eigenvalue weighted by Crippen LogP contribution is 2.20. The van der Waals surface area contributed by atoms with E-state index in [1.165, 1.54) is 24.3 Å². The maximum atomic E-state index is 12.2. The van der Waals surface area contributed by atoms with Gasteiger partial charge in [0.15, 0.2) is 5.78 Å². The molecule has 0 saturated carbocycles. The van der Waals surface area contributed by atoms with Crippen molar-refractivity contribution >= 4 is 17.5 Å². The van der Waals surface area contributed by atoms with E-state index in [-0.39, 0.29) is 11.3 Å². The molecule has 0 fully saturated rings. The number of hydrogen-bond acceptors (Lipinski definition) is 4. The van der Waals surface area contributed by atoms with E-state index in [2.05, 4.69) is 5.10 Å². The monoisotopic (exact) mass is 285 g/mol. The van der Waals surface area contributed by atoms with Gasteiger partial charge < -0.3 is 0 Å². The van der Waals surface area contributed by atoms with Gasteiger partial charge in [0.05, 0.1) is 16.2 Å². The first-order valence-electron chi connectivity index (χ1n) is 6.38. The van der Waals surface area contributed by atoms with Gasteiger partial charge in [-0.1, -0.05) is 12.1 Å². The molecule has 1 aromatic heterocycles. The first-order chi connectivity index (χ1) is 9.91. The maximum absolute atomic E-state index is 12.2. The van der Waals surface area contributed by atoms with Crippen LogP contribution >= 0.6 is 0 Å². The van der Waals surface area contributed by atoms with Crippen LogP contribution in [0.4, 0.5) is 5.69 Å². The molecule has 0 amide bonds. The molecule has 1 heterocycles. The topological polar surface area (TPSA) is 78.0 Å². The molecule has 0 unspecified atom stereocenters. The van der Waals surface area contributed by atoms with Crippen molar-refractivity contribution in [3.05, 3.63) is 63.0 Å². The van der Waals surface area contributed by atoms with Gasteiger partial charge in [0, 0.05) is 24.4 Å². The van der Waals surface area contributed by atoms with Gasteiger partial charge in [-0.15, -0.1) is 0 Å². The largest absolute Gasteiger partial charge is 0.289 e. The van der Waals surface area contributed by atoms with Crippen molar-refractivity contribution in [3.8, 4) is 0 Å². The minimum absolute atomic E-state index is 0.0814. The molecule has 0 spiro atoms. The summed E-state index contributed by atoms with van der Waals surface area (Å²) in [5.74, 6) is -0.398. The number of allylic oxidation sites excluding steroid dienone is 1. The van der Waals surface area contributed by atoms with Crippen LogP contribution in [0.25, 0.3) is 6.08 Å². The third-order valence-corrected chi connectivity index (χ3v) is 3.33. The Morgan fingerprint density at radius 2 is 2.00 bits per heavy atom. The Kier molecular flexibility index (Phi) is 3.98. The third kappa shape index (κ3) is 2.89. The lowest BCUT2D eigenvalue weighted by atomic mass is 10.1. The van der Waals surface area contributed by atoms with E-state index < -0.39 is 10.7 Å². The fourth-order valence-corrected chi connectivity index (χ4v) is 2.12. The fourth-order valence-electron chi connectivity index (χ4n) is 2.12. The smallest absolute Gasteiger partial charge is 0.280 e. The molecule has 21 heavy (non-hydrogen) atoms. The molecule has 0 saturated heterocycles. The number of nitrogens with zero attached hydrogens (tertiary/aromatic N) is 3. The lowest BCUT2D eigenvalue weighted by Crippen LogP contribution is -2.00. The number of para-hydroxylation sites is 1. The van der Waals surface area contributed by atoms with Crippen LogP contribution in [0.15, 0.2) is 30.3 Å². The molecule has 0 radical (unpaired) electrons. The Morgan fingerprint density at radius 1 is 1.33 bits per heavy atom. The van der Waals surface area contributed by atoms with Crippen LogP contribution in [0, 0.1) is 24.0 Å². The van der Waals surface area contributed by atoms with Crippen molar-refractivity contribution < 1.29 is 9.72 Å². The first kappa shape index (κ1) is 14.6. The van der Waals surface area contributed by atoms with Crippen LogP contribution in [0.3, 0.4) is 0 Å². The van der Waals surface area contributed by atoms with Crippen LogP contribution in [-0.2, 0) is 7.05 Å². The van der Waals surface area contributed by atoms with Crippen molar-refractivity contribution in [2.24, 2.45) is 7.05 Å². The molecular formula is C15H15N3O3. The summed E-state index contributed by atoms with van der Waals surface area (Å²) >= 11 is 0. The normalized spacial score (nSPS) is 11.0. The van der Waals surface area contributed by atoms with Gasteiger partial charge in [0.25, 0.3) is 5.69 Å². The fraction of sp³-hybridized carbons (Fsp3) is 0.200. The highest BCUT2D eigenvalue weighted by atomic mass is 16.6. The molecule has 0 aliphatic carbocycles.